The predicted molar refractivity (Wildman–Crippen MR) is 36.4 cm³/mol. The van der Waals surface area contributed by atoms with Crippen molar-refractivity contribution in [2.24, 2.45) is 0 Å². The molecule has 0 bridgehead atoms. The standard InChI is InChI=1S/C4H8O3S.ClH/c5-8(6,7)4-2-1-3-4;/h4H,1-3H2,(H,5,6,7);1H. The molecule has 9 heavy (non-hydrogen) atoms. The van der Waals surface area contributed by atoms with Gasteiger partial charge in [0.05, 0.1) is 5.25 Å². The predicted octanol–water partition coefficient (Wildman–Crippen LogP) is 0.849. The fourth-order valence-electron chi connectivity index (χ4n) is 0.669. The maximum absolute atomic E-state index is 10.2. The van der Waals surface area contributed by atoms with Crippen LogP contribution in [-0.2, 0) is 10.1 Å². The first-order valence-corrected chi connectivity index (χ1v) is 4.07. The first kappa shape index (κ1) is 9.20. The van der Waals surface area contributed by atoms with Gasteiger partial charge in [-0.1, -0.05) is 6.42 Å². The molecule has 1 aliphatic rings. The van der Waals surface area contributed by atoms with Crippen molar-refractivity contribution < 1.29 is 13.0 Å². The van der Waals surface area contributed by atoms with Crippen molar-refractivity contribution in [3.05, 3.63) is 0 Å². The first-order valence-electron chi connectivity index (χ1n) is 2.57. The molecule has 0 amide bonds. The molecule has 1 fully saturated rings. The molecule has 0 aromatic heterocycles. The van der Waals surface area contributed by atoms with Crippen LogP contribution in [0.5, 0.6) is 0 Å². The highest BCUT2D eigenvalue weighted by atomic mass is 35.5. The zero-order valence-corrected chi connectivity index (χ0v) is 6.41. The van der Waals surface area contributed by atoms with Crippen molar-refractivity contribution in [1.29, 1.82) is 0 Å². The first-order chi connectivity index (χ1) is 3.61. The van der Waals surface area contributed by atoms with Gasteiger partial charge in [0.25, 0.3) is 10.1 Å². The lowest BCUT2D eigenvalue weighted by Crippen LogP contribution is -2.27. The van der Waals surface area contributed by atoms with E-state index in [2.05, 4.69) is 0 Å². The van der Waals surface area contributed by atoms with Crippen LogP contribution in [0, 0.1) is 0 Å². The summed E-state index contributed by atoms with van der Waals surface area (Å²) >= 11 is 0. The van der Waals surface area contributed by atoms with E-state index in [0.29, 0.717) is 12.8 Å². The van der Waals surface area contributed by atoms with Crippen molar-refractivity contribution in [2.45, 2.75) is 24.5 Å². The smallest absolute Gasteiger partial charge is 0.267 e. The molecule has 0 spiro atoms. The molecule has 5 heteroatoms. The average molecular weight is 173 g/mol. The molecule has 0 radical (unpaired) electrons. The summed E-state index contributed by atoms with van der Waals surface area (Å²) in [5, 5.41) is -0.442. The van der Waals surface area contributed by atoms with Crippen molar-refractivity contribution in [2.75, 3.05) is 0 Å². The highest BCUT2D eigenvalue weighted by Crippen LogP contribution is 2.24. The number of rotatable bonds is 1. The molecule has 0 unspecified atom stereocenters. The van der Waals surface area contributed by atoms with Crippen LogP contribution in [0.2, 0.25) is 0 Å². The Labute approximate surface area is 60.6 Å². The van der Waals surface area contributed by atoms with E-state index >= 15 is 0 Å². The molecule has 1 N–H and O–H groups in total. The van der Waals surface area contributed by atoms with Crippen molar-refractivity contribution in [3.63, 3.8) is 0 Å². The summed E-state index contributed by atoms with van der Waals surface area (Å²) in [5.74, 6) is 0. The van der Waals surface area contributed by atoms with Crippen LogP contribution in [-0.4, -0.2) is 18.2 Å². The Morgan fingerprint density at radius 1 is 1.33 bits per heavy atom. The summed E-state index contributed by atoms with van der Waals surface area (Å²) < 4.78 is 28.6. The molecule has 1 rings (SSSR count). The topological polar surface area (TPSA) is 54.4 Å². The van der Waals surface area contributed by atoms with Gasteiger partial charge in [0.15, 0.2) is 0 Å². The van der Waals surface area contributed by atoms with E-state index in [0.717, 1.165) is 6.42 Å². The van der Waals surface area contributed by atoms with Crippen LogP contribution in [0.15, 0.2) is 0 Å². The van der Waals surface area contributed by atoms with E-state index in [-0.39, 0.29) is 12.4 Å². The quantitative estimate of drug-likeness (QED) is 0.597. The van der Waals surface area contributed by atoms with Gasteiger partial charge < -0.3 is 0 Å². The number of hydrogen-bond donors (Lipinski definition) is 1. The molecule has 0 aromatic rings. The average Bonchev–Trinajstić information content (AvgIpc) is 1.16. The van der Waals surface area contributed by atoms with Gasteiger partial charge in [-0.25, -0.2) is 0 Å². The third-order valence-corrected chi connectivity index (χ3v) is 2.79. The minimum absolute atomic E-state index is 0. The van der Waals surface area contributed by atoms with Gasteiger partial charge in [-0.05, 0) is 12.8 Å². The highest BCUT2D eigenvalue weighted by Gasteiger charge is 2.28. The Balaban J connectivity index is 0.000000640. The van der Waals surface area contributed by atoms with Crippen LogP contribution < -0.4 is 0 Å². The minimum atomic E-state index is -3.67. The van der Waals surface area contributed by atoms with E-state index in [1.807, 2.05) is 0 Å². The molecule has 3 nitrogen and oxygen atoms in total. The molecular formula is C4H9ClO3S. The molecule has 0 heterocycles. The van der Waals surface area contributed by atoms with E-state index in [1.165, 1.54) is 0 Å². The number of hydrogen-bond acceptors (Lipinski definition) is 2. The van der Waals surface area contributed by atoms with Crippen LogP contribution in [0.4, 0.5) is 0 Å². The van der Waals surface area contributed by atoms with Crippen molar-refractivity contribution >= 4 is 22.5 Å². The largest absolute Gasteiger partial charge is 0.285 e. The van der Waals surface area contributed by atoms with Gasteiger partial charge in [0.1, 0.15) is 0 Å². The van der Waals surface area contributed by atoms with Gasteiger partial charge in [0, 0.05) is 0 Å². The second-order valence-corrected chi connectivity index (χ2v) is 3.76. The Morgan fingerprint density at radius 2 is 1.78 bits per heavy atom. The van der Waals surface area contributed by atoms with E-state index in [9.17, 15) is 8.42 Å². The summed E-state index contributed by atoms with van der Waals surface area (Å²) in [6.07, 6.45) is 2.21. The lowest BCUT2D eigenvalue weighted by atomic mass is 10.0. The summed E-state index contributed by atoms with van der Waals surface area (Å²) in [5.41, 5.74) is 0. The lowest BCUT2D eigenvalue weighted by Gasteiger charge is -2.21. The zero-order chi connectivity index (χ0) is 6.20. The molecule has 56 valence electrons. The highest BCUT2D eigenvalue weighted by molar-refractivity contribution is 7.86. The van der Waals surface area contributed by atoms with Gasteiger partial charge in [-0.2, -0.15) is 8.42 Å². The molecule has 0 atom stereocenters. The molecule has 0 saturated heterocycles. The second-order valence-electron chi connectivity index (χ2n) is 2.07. The minimum Gasteiger partial charge on any atom is -0.285 e. The number of halogens is 1. The maximum Gasteiger partial charge on any atom is 0.267 e. The van der Waals surface area contributed by atoms with E-state index < -0.39 is 15.4 Å². The van der Waals surface area contributed by atoms with Crippen molar-refractivity contribution in [3.8, 4) is 0 Å². The lowest BCUT2D eigenvalue weighted by molar-refractivity contribution is 0.413. The van der Waals surface area contributed by atoms with Gasteiger partial charge in [-0.3, -0.25) is 4.55 Å². The van der Waals surface area contributed by atoms with Crippen LogP contribution in [0.25, 0.3) is 0 Å². The summed E-state index contributed by atoms with van der Waals surface area (Å²) in [6.45, 7) is 0. The molecule has 1 aliphatic carbocycles. The Hall–Kier alpha value is 0.200. The fraction of sp³-hybridized carbons (Fsp3) is 1.00. The van der Waals surface area contributed by atoms with Gasteiger partial charge in [0.2, 0.25) is 0 Å². The fourth-order valence-corrected chi connectivity index (χ4v) is 1.60. The summed E-state index contributed by atoms with van der Waals surface area (Å²) in [4.78, 5) is 0. The normalized spacial score (nSPS) is 20.1. The third-order valence-electron chi connectivity index (χ3n) is 1.47. The zero-order valence-electron chi connectivity index (χ0n) is 4.78. The van der Waals surface area contributed by atoms with Gasteiger partial charge >= 0.3 is 0 Å². The third kappa shape index (κ3) is 2.12. The Bertz CT molecular complexity index is 170. The Kier molecular flexibility index (Phi) is 2.92. The van der Waals surface area contributed by atoms with Crippen molar-refractivity contribution in [1.82, 2.24) is 0 Å². The van der Waals surface area contributed by atoms with E-state index in [4.69, 9.17) is 4.55 Å². The molecule has 0 aromatic carbocycles. The Morgan fingerprint density at radius 3 is 1.78 bits per heavy atom. The van der Waals surface area contributed by atoms with E-state index in [1.54, 1.807) is 0 Å². The van der Waals surface area contributed by atoms with Gasteiger partial charge in [-0.15, -0.1) is 12.4 Å². The van der Waals surface area contributed by atoms with Crippen LogP contribution in [0.1, 0.15) is 19.3 Å². The molecule has 0 aliphatic heterocycles. The molecule has 1 saturated carbocycles. The second kappa shape index (κ2) is 2.86. The van der Waals surface area contributed by atoms with Crippen LogP contribution >= 0.6 is 12.4 Å². The SMILES string of the molecule is Cl.O=S(=O)(O)C1CCC1. The summed E-state index contributed by atoms with van der Waals surface area (Å²) in [6, 6.07) is 0. The van der Waals surface area contributed by atoms with Crippen LogP contribution in [0.3, 0.4) is 0 Å². The monoisotopic (exact) mass is 172 g/mol. The molecular weight excluding hydrogens is 164 g/mol. The summed E-state index contributed by atoms with van der Waals surface area (Å²) in [7, 11) is -3.67. The maximum atomic E-state index is 10.2.